The van der Waals surface area contributed by atoms with E-state index in [1.54, 1.807) is 30.8 Å². The molecular weight excluding hydrogens is 374 g/mol. The zero-order chi connectivity index (χ0) is 21.0. The van der Waals surface area contributed by atoms with Crippen LogP contribution >= 0.6 is 0 Å². The summed E-state index contributed by atoms with van der Waals surface area (Å²) in [7, 11) is 3.57. The number of fused-ring (bicyclic) bond motifs is 1. The van der Waals surface area contributed by atoms with Crippen molar-refractivity contribution in [3.63, 3.8) is 0 Å². The van der Waals surface area contributed by atoms with Gasteiger partial charge in [0.2, 0.25) is 5.78 Å². The van der Waals surface area contributed by atoms with Gasteiger partial charge in [-0.25, -0.2) is 4.79 Å². The van der Waals surface area contributed by atoms with Crippen molar-refractivity contribution in [1.29, 1.82) is 5.26 Å². The molecule has 0 aromatic heterocycles. The van der Waals surface area contributed by atoms with E-state index in [9.17, 15) is 14.9 Å². The number of esters is 1. The lowest BCUT2D eigenvalue weighted by molar-refractivity contribution is -0.159. The largest absolute Gasteiger partial charge is 0.455 e. The van der Waals surface area contributed by atoms with Gasteiger partial charge in [0.15, 0.2) is 12.7 Å². The normalized spacial score (nSPS) is 19.0. The van der Waals surface area contributed by atoms with E-state index in [1.807, 2.05) is 30.3 Å². The first-order valence-electron chi connectivity index (χ1n) is 9.58. The van der Waals surface area contributed by atoms with Crippen molar-refractivity contribution in [1.82, 2.24) is 0 Å². The third-order valence-electron chi connectivity index (χ3n) is 5.09. The summed E-state index contributed by atoms with van der Waals surface area (Å²) in [4.78, 5) is 28.3. The fourth-order valence-electron chi connectivity index (χ4n) is 3.48. The number of benzene rings is 1. The molecule has 8 heteroatoms. The first kappa shape index (κ1) is 20.8. The molecule has 8 nitrogen and oxygen atoms in total. The van der Waals surface area contributed by atoms with Crippen molar-refractivity contribution in [2.75, 3.05) is 43.7 Å². The minimum atomic E-state index is -0.814. The molecule has 0 spiro atoms. The molecule has 0 N–H and O–H groups in total. The van der Waals surface area contributed by atoms with Gasteiger partial charge in [-0.3, -0.25) is 4.79 Å². The fraction of sp³-hybridized carbons (Fsp3) is 0.476. The number of carbonyl (C=O) groups is 2. The lowest BCUT2D eigenvalue weighted by Crippen LogP contribution is -2.31. The van der Waals surface area contributed by atoms with Crippen molar-refractivity contribution in [2.45, 2.75) is 32.0 Å². The number of ether oxygens (including phenoxy) is 3. The van der Waals surface area contributed by atoms with Crippen molar-refractivity contribution in [2.24, 2.45) is 0 Å². The summed E-state index contributed by atoms with van der Waals surface area (Å²) < 4.78 is 16.0. The van der Waals surface area contributed by atoms with Gasteiger partial charge >= 0.3 is 5.97 Å². The van der Waals surface area contributed by atoms with Gasteiger partial charge in [0.25, 0.3) is 0 Å². The van der Waals surface area contributed by atoms with E-state index < -0.39 is 24.5 Å². The lowest BCUT2D eigenvalue weighted by atomic mass is 10.2. The number of rotatable bonds is 7. The summed E-state index contributed by atoms with van der Waals surface area (Å²) >= 11 is 0. The number of para-hydroxylation sites is 2. The van der Waals surface area contributed by atoms with E-state index >= 15 is 0 Å². The molecule has 1 aromatic rings. The summed E-state index contributed by atoms with van der Waals surface area (Å²) in [6, 6.07) is 9.56. The van der Waals surface area contributed by atoms with Gasteiger partial charge in [0.05, 0.1) is 24.1 Å². The van der Waals surface area contributed by atoms with Gasteiger partial charge in [-0.05, 0) is 31.9 Å². The SMILES string of the molecule is CC(OCC1CCCO1)C(=O)OCC(=O)C(C#N)=C1N(C)c2ccccc2N1C. The molecule has 0 amide bonds. The third kappa shape index (κ3) is 4.42. The molecule has 1 fully saturated rings. The van der Waals surface area contributed by atoms with Crippen LogP contribution in [0.1, 0.15) is 19.8 Å². The number of nitriles is 1. The van der Waals surface area contributed by atoms with E-state index in [1.165, 1.54) is 0 Å². The minimum Gasteiger partial charge on any atom is -0.455 e. The number of hydrogen-bond acceptors (Lipinski definition) is 8. The molecule has 1 saturated heterocycles. The molecule has 2 atom stereocenters. The first-order valence-corrected chi connectivity index (χ1v) is 9.58. The summed E-state index contributed by atoms with van der Waals surface area (Å²) in [6.45, 7) is 2.07. The Morgan fingerprint density at radius 1 is 1.28 bits per heavy atom. The molecule has 3 rings (SSSR count). The maximum atomic E-state index is 12.6. The van der Waals surface area contributed by atoms with Crippen LogP contribution in [0.4, 0.5) is 11.4 Å². The summed E-state index contributed by atoms with van der Waals surface area (Å²) in [6.07, 6.45) is 1.07. The molecule has 0 radical (unpaired) electrons. The van der Waals surface area contributed by atoms with Gasteiger partial charge in [-0.1, -0.05) is 12.1 Å². The Balaban J connectivity index is 1.61. The van der Waals surface area contributed by atoms with Crippen molar-refractivity contribution in [3.8, 4) is 6.07 Å². The summed E-state index contributed by atoms with van der Waals surface area (Å²) in [5, 5.41) is 9.59. The Labute approximate surface area is 170 Å². The predicted octanol–water partition coefficient (Wildman–Crippen LogP) is 2.00. The van der Waals surface area contributed by atoms with Crippen molar-refractivity contribution >= 4 is 23.1 Å². The highest BCUT2D eigenvalue weighted by Crippen LogP contribution is 2.40. The average molecular weight is 399 g/mol. The van der Waals surface area contributed by atoms with Gasteiger partial charge in [0.1, 0.15) is 17.5 Å². The maximum Gasteiger partial charge on any atom is 0.335 e. The highest BCUT2D eigenvalue weighted by molar-refractivity contribution is 6.03. The van der Waals surface area contributed by atoms with Crippen LogP contribution in [-0.4, -0.2) is 57.9 Å². The fourth-order valence-corrected chi connectivity index (χ4v) is 3.48. The standard InChI is InChI=1S/C21H25N3O5/c1-14(28-12-15-7-6-10-27-15)21(26)29-13-19(25)16(11-22)20-23(2)17-8-4-5-9-18(17)24(20)3/h4-5,8-9,14-15H,6-7,10,12-13H2,1-3H3. The van der Waals surface area contributed by atoms with Crippen LogP contribution in [0.15, 0.2) is 35.7 Å². The molecule has 2 heterocycles. The van der Waals surface area contributed by atoms with Crippen LogP contribution in [0.25, 0.3) is 0 Å². The van der Waals surface area contributed by atoms with E-state index in [0.29, 0.717) is 19.0 Å². The third-order valence-corrected chi connectivity index (χ3v) is 5.09. The number of Topliss-reactive ketones (excluding diaryl/α,β-unsaturated/α-hetero) is 1. The van der Waals surface area contributed by atoms with Gasteiger partial charge in [-0.2, -0.15) is 5.26 Å². The lowest BCUT2D eigenvalue weighted by Gasteiger charge is -2.20. The first-order chi connectivity index (χ1) is 13.9. The number of ketones is 1. The molecule has 1 aromatic carbocycles. The Hall–Kier alpha value is -2.89. The van der Waals surface area contributed by atoms with E-state index in [4.69, 9.17) is 14.2 Å². The molecule has 154 valence electrons. The molecule has 29 heavy (non-hydrogen) atoms. The molecule has 0 bridgehead atoms. The van der Waals surface area contributed by atoms with E-state index in [2.05, 4.69) is 0 Å². The molecular formula is C21H25N3O5. The Morgan fingerprint density at radius 2 is 1.93 bits per heavy atom. The van der Waals surface area contributed by atoms with Crippen molar-refractivity contribution in [3.05, 3.63) is 35.7 Å². The summed E-state index contributed by atoms with van der Waals surface area (Å²) in [5.74, 6) is -0.749. The molecule has 0 aliphatic carbocycles. The molecule has 2 unspecified atom stereocenters. The van der Waals surface area contributed by atoms with Crippen LogP contribution in [0, 0.1) is 11.3 Å². The van der Waals surface area contributed by atoms with Crippen LogP contribution in [0.3, 0.4) is 0 Å². The van der Waals surface area contributed by atoms with Crippen molar-refractivity contribution < 1.29 is 23.8 Å². The Kier molecular flexibility index (Phi) is 6.52. The average Bonchev–Trinajstić information content (AvgIpc) is 3.34. The molecule has 2 aliphatic heterocycles. The maximum absolute atomic E-state index is 12.6. The van der Waals surface area contributed by atoms with E-state index in [-0.39, 0.29) is 11.7 Å². The van der Waals surface area contributed by atoms with Crippen LogP contribution in [-0.2, 0) is 23.8 Å². The van der Waals surface area contributed by atoms with Gasteiger partial charge < -0.3 is 24.0 Å². The molecule has 2 aliphatic rings. The number of hydrogen-bond donors (Lipinski definition) is 0. The zero-order valence-corrected chi connectivity index (χ0v) is 16.9. The second-order valence-corrected chi connectivity index (χ2v) is 7.06. The smallest absolute Gasteiger partial charge is 0.335 e. The van der Waals surface area contributed by atoms with Crippen LogP contribution in [0.5, 0.6) is 0 Å². The Morgan fingerprint density at radius 3 is 2.48 bits per heavy atom. The number of anilines is 2. The molecule has 0 saturated carbocycles. The van der Waals surface area contributed by atoms with Gasteiger partial charge in [0, 0.05) is 20.7 Å². The number of carbonyl (C=O) groups excluding carboxylic acids is 2. The second-order valence-electron chi connectivity index (χ2n) is 7.06. The monoisotopic (exact) mass is 399 g/mol. The predicted molar refractivity (Wildman–Crippen MR) is 106 cm³/mol. The second kappa shape index (κ2) is 9.07. The topological polar surface area (TPSA) is 92.1 Å². The Bertz CT molecular complexity index is 823. The quantitative estimate of drug-likeness (QED) is 0.391. The minimum absolute atomic E-state index is 0.00289. The summed E-state index contributed by atoms with van der Waals surface area (Å²) in [5.41, 5.74) is 1.71. The number of nitrogens with zero attached hydrogens (tertiary/aromatic N) is 3. The highest BCUT2D eigenvalue weighted by Gasteiger charge is 2.31. The van der Waals surface area contributed by atoms with Crippen LogP contribution < -0.4 is 9.80 Å². The van der Waals surface area contributed by atoms with Gasteiger partial charge in [-0.15, -0.1) is 0 Å². The zero-order valence-electron chi connectivity index (χ0n) is 16.9. The van der Waals surface area contributed by atoms with Crippen LogP contribution in [0.2, 0.25) is 0 Å². The van der Waals surface area contributed by atoms with E-state index in [0.717, 1.165) is 24.2 Å². The highest BCUT2D eigenvalue weighted by atomic mass is 16.6.